The topological polar surface area (TPSA) is 59.2 Å². The van der Waals surface area contributed by atoms with Crippen LogP contribution in [0.15, 0.2) is 42.6 Å². The summed E-state index contributed by atoms with van der Waals surface area (Å²) in [6.07, 6.45) is 3.35. The summed E-state index contributed by atoms with van der Waals surface area (Å²) in [7, 11) is 0. The molecular formula is C20H25N3O. The average molecular weight is 323 g/mol. The second-order valence-corrected chi connectivity index (χ2v) is 7.57. The van der Waals surface area contributed by atoms with E-state index < -0.39 is 0 Å². The Morgan fingerprint density at radius 3 is 2.50 bits per heavy atom. The summed E-state index contributed by atoms with van der Waals surface area (Å²) < 4.78 is 0. The molecule has 2 N–H and O–H groups in total. The normalized spacial score (nSPS) is 18.0. The van der Waals surface area contributed by atoms with Crippen molar-refractivity contribution in [3.8, 4) is 0 Å². The summed E-state index contributed by atoms with van der Waals surface area (Å²) >= 11 is 0. The third-order valence-corrected chi connectivity index (χ3v) is 4.82. The van der Waals surface area contributed by atoms with Crippen LogP contribution in [0.3, 0.4) is 0 Å². The van der Waals surface area contributed by atoms with Gasteiger partial charge in [0.25, 0.3) is 5.91 Å². The van der Waals surface area contributed by atoms with Crippen molar-refractivity contribution in [1.29, 1.82) is 0 Å². The fourth-order valence-corrected chi connectivity index (χ4v) is 3.43. The van der Waals surface area contributed by atoms with Crippen LogP contribution in [0.4, 0.5) is 5.82 Å². The van der Waals surface area contributed by atoms with Gasteiger partial charge < -0.3 is 10.6 Å². The first-order chi connectivity index (χ1) is 11.4. The van der Waals surface area contributed by atoms with Gasteiger partial charge in [-0.2, -0.15) is 0 Å². The third kappa shape index (κ3) is 3.28. The number of nitrogen functional groups attached to an aromatic ring is 1. The molecule has 0 radical (unpaired) electrons. The zero-order valence-electron chi connectivity index (χ0n) is 14.6. The monoisotopic (exact) mass is 323 g/mol. The van der Waals surface area contributed by atoms with E-state index in [2.05, 4.69) is 50.0 Å². The number of amides is 1. The Labute approximate surface area is 143 Å². The van der Waals surface area contributed by atoms with Crippen molar-refractivity contribution in [2.24, 2.45) is 5.41 Å². The molecular weight excluding hydrogens is 298 g/mol. The molecule has 2 aromatic rings. The van der Waals surface area contributed by atoms with Crippen LogP contribution in [0.5, 0.6) is 0 Å². The fraction of sp³-hybridized carbons (Fsp3) is 0.400. The Morgan fingerprint density at radius 2 is 1.88 bits per heavy atom. The fourth-order valence-electron chi connectivity index (χ4n) is 3.43. The van der Waals surface area contributed by atoms with Gasteiger partial charge in [0.05, 0.1) is 5.56 Å². The Morgan fingerprint density at radius 1 is 1.17 bits per heavy atom. The van der Waals surface area contributed by atoms with Crippen molar-refractivity contribution in [3.05, 3.63) is 59.3 Å². The maximum absolute atomic E-state index is 13.1. The SMILES string of the molecule is CC(C)(C)[C@H]1Cc2ccccc2CCN1C(=O)c1ccc(N)nc1. The zero-order chi connectivity index (χ0) is 17.3. The third-order valence-electron chi connectivity index (χ3n) is 4.82. The number of nitrogens with two attached hydrogens (primary N) is 1. The van der Waals surface area contributed by atoms with Gasteiger partial charge in [0.15, 0.2) is 0 Å². The van der Waals surface area contributed by atoms with Gasteiger partial charge in [0.2, 0.25) is 0 Å². The van der Waals surface area contributed by atoms with E-state index in [1.54, 1.807) is 18.3 Å². The smallest absolute Gasteiger partial charge is 0.255 e. The quantitative estimate of drug-likeness (QED) is 0.876. The van der Waals surface area contributed by atoms with Gasteiger partial charge in [-0.1, -0.05) is 45.0 Å². The zero-order valence-corrected chi connectivity index (χ0v) is 14.6. The molecule has 3 rings (SSSR count). The minimum absolute atomic E-state index is 0.00561. The first-order valence-electron chi connectivity index (χ1n) is 8.45. The highest BCUT2D eigenvalue weighted by molar-refractivity contribution is 5.94. The minimum atomic E-state index is -0.00561. The van der Waals surface area contributed by atoms with Crippen LogP contribution in [0.25, 0.3) is 0 Å². The van der Waals surface area contributed by atoms with Crippen LogP contribution in [0.2, 0.25) is 0 Å². The predicted octanol–water partition coefficient (Wildman–Crippen LogP) is 3.32. The molecule has 0 unspecified atom stereocenters. The lowest BCUT2D eigenvalue weighted by Crippen LogP contribution is -2.48. The molecule has 0 bridgehead atoms. The molecule has 1 aliphatic rings. The lowest BCUT2D eigenvalue weighted by Gasteiger charge is -2.39. The largest absolute Gasteiger partial charge is 0.384 e. The van der Waals surface area contributed by atoms with Crippen molar-refractivity contribution in [3.63, 3.8) is 0 Å². The van der Waals surface area contributed by atoms with E-state index in [0.717, 1.165) is 19.4 Å². The average Bonchev–Trinajstić information content (AvgIpc) is 2.74. The van der Waals surface area contributed by atoms with E-state index in [1.165, 1.54) is 11.1 Å². The molecule has 24 heavy (non-hydrogen) atoms. The van der Waals surface area contributed by atoms with Crippen LogP contribution in [-0.4, -0.2) is 28.4 Å². The van der Waals surface area contributed by atoms with Crippen molar-refractivity contribution in [2.75, 3.05) is 12.3 Å². The van der Waals surface area contributed by atoms with Gasteiger partial charge >= 0.3 is 0 Å². The van der Waals surface area contributed by atoms with Crippen molar-refractivity contribution >= 4 is 11.7 Å². The number of anilines is 1. The van der Waals surface area contributed by atoms with Gasteiger partial charge in [0, 0.05) is 18.8 Å². The van der Waals surface area contributed by atoms with E-state index in [1.807, 2.05) is 4.90 Å². The number of benzene rings is 1. The Kier molecular flexibility index (Phi) is 4.31. The number of carbonyl (C=O) groups excluding carboxylic acids is 1. The highest BCUT2D eigenvalue weighted by Crippen LogP contribution is 2.32. The molecule has 1 aromatic carbocycles. The van der Waals surface area contributed by atoms with Crippen LogP contribution in [0, 0.1) is 5.41 Å². The lowest BCUT2D eigenvalue weighted by atomic mass is 9.81. The molecule has 0 fully saturated rings. The van der Waals surface area contributed by atoms with E-state index in [4.69, 9.17) is 5.73 Å². The van der Waals surface area contributed by atoms with Gasteiger partial charge in [-0.25, -0.2) is 4.98 Å². The number of hydrogen-bond donors (Lipinski definition) is 1. The van der Waals surface area contributed by atoms with Gasteiger partial charge in [-0.05, 0) is 41.5 Å². The number of rotatable bonds is 1. The summed E-state index contributed by atoms with van der Waals surface area (Å²) in [4.78, 5) is 19.2. The number of hydrogen-bond acceptors (Lipinski definition) is 3. The van der Waals surface area contributed by atoms with Crippen LogP contribution >= 0.6 is 0 Å². The number of nitrogens with zero attached hydrogens (tertiary/aromatic N) is 2. The molecule has 1 aromatic heterocycles. The van der Waals surface area contributed by atoms with Crippen LogP contribution in [0.1, 0.15) is 42.3 Å². The summed E-state index contributed by atoms with van der Waals surface area (Å²) in [6, 6.07) is 12.1. The molecule has 4 heteroatoms. The van der Waals surface area contributed by atoms with E-state index in [0.29, 0.717) is 11.4 Å². The van der Waals surface area contributed by atoms with Crippen molar-refractivity contribution in [1.82, 2.24) is 9.88 Å². The molecule has 1 atom stereocenters. The standard InChI is InChI=1S/C20H25N3O/c1-20(2,3)17-12-15-7-5-4-6-14(15)10-11-23(17)19(24)16-8-9-18(21)22-13-16/h4-9,13,17H,10-12H2,1-3H3,(H2,21,22)/t17-/m1/s1. The molecule has 0 aliphatic carbocycles. The van der Waals surface area contributed by atoms with E-state index in [-0.39, 0.29) is 17.4 Å². The number of fused-ring (bicyclic) bond motifs is 1. The van der Waals surface area contributed by atoms with Gasteiger partial charge in [-0.3, -0.25) is 4.79 Å². The first kappa shape index (κ1) is 16.5. The number of carbonyl (C=O) groups is 1. The summed E-state index contributed by atoms with van der Waals surface area (Å²) in [5.74, 6) is 0.470. The summed E-state index contributed by atoms with van der Waals surface area (Å²) in [5, 5.41) is 0. The molecule has 4 nitrogen and oxygen atoms in total. The molecule has 126 valence electrons. The Balaban J connectivity index is 1.96. The van der Waals surface area contributed by atoms with Crippen LogP contribution in [-0.2, 0) is 12.8 Å². The lowest BCUT2D eigenvalue weighted by molar-refractivity contribution is 0.0532. The highest BCUT2D eigenvalue weighted by Gasteiger charge is 2.35. The molecule has 1 amide bonds. The summed E-state index contributed by atoms with van der Waals surface area (Å²) in [5.41, 5.74) is 8.94. The summed E-state index contributed by atoms with van der Waals surface area (Å²) in [6.45, 7) is 7.33. The molecule has 0 spiro atoms. The number of pyridine rings is 1. The molecule has 0 saturated heterocycles. The predicted molar refractivity (Wildman–Crippen MR) is 96.8 cm³/mol. The van der Waals surface area contributed by atoms with Gasteiger partial charge in [0.1, 0.15) is 5.82 Å². The maximum Gasteiger partial charge on any atom is 0.255 e. The van der Waals surface area contributed by atoms with E-state index >= 15 is 0 Å². The van der Waals surface area contributed by atoms with Gasteiger partial charge in [-0.15, -0.1) is 0 Å². The molecule has 1 aliphatic heterocycles. The molecule has 2 heterocycles. The minimum Gasteiger partial charge on any atom is -0.384 e. The molecule has 0 saturated carbocycles. The number of aromatic nitrogens is 1. The Hall–Kier alpha value is -2.36. The van der Waals surface area contributed by atoms with E-state index in [9.17, 15) is 4.79 Å². The second kappa shape index (κ2) is 6.27. The first-order valence-corrected chi connectivity index (χ1v) is 8.45. The second-order valence-electron chi connectivity index (χ2n) is 7.57. The Bertz CT molecular complexity index is 731. The van der Waals surface area contributed by atoms with Crippen molar-refractivity contribution < 1.29 is 4.79 Å². The van der Waals surface area contributed by atoms with Crippen LogP contribution < -0.4 is 5.73 Å². The highest BCUT2D eigenvalue weighted by atomic mass is 16.2. The van der Waals surface area contributed by atoms with Crippen molar-refractivity contribution in [2.45, 2.75) is 39.7 Å². The maximum atomic E-state index is 13.1.